The van der Waals surface area contributed by atoms with Gasteiger partial charge in [0.05, 0.1) is 6.04 Å². The Hall–Kier alpha value is -0.710. The number of hydrogen-bond acceptors (Lipinski definition) is 3. The number of benzene rings is 1. The Bertz CT molecular complexity index is 416. The van der Waals surface area contributed by atoms with Crippen LogP contribution < -0.4 is 5.73 Å². The molecule has 1 heterocycles. The molecule has 1 aromatic rings. The van der Waals surface area contributed by atoms with Crippen molar-refractivity contribution in [1.29, 1.82) is 0 Å². The minimum absolute atomic E-state index is 0. The third-order valence-corrected chi connectivity index (χ3v) is 4.75. The van der Waals surface area contributed by atoms with Crippen LogP contribution in [0.1, 0.15) is 31.4 Å². The second-order valence-corrected chi connectivity index (χ2v) is 6.40. The first kappa shape index (κ1) is 17.3. The van der Waals surface area contributed by atoms with Crippen molar-refractivity contribution in [2.75, 3.05) is 18.8 Å². The molecule has 0 saturated carbocycles. The topological polar surface area (TPSA) is 46.3 Å². The molecule has 1 aliphatic rings. The summed E-state index contributed by atoms with van der Waals surface area (Å²) >= 11 is 1.95. The van der Waals surface area contributed by atoms with E-state index in [0.29, 0.717) is 18.2 Å². The van der Waals surface area contributed by atoms with E-state index in [1.54, 1.807) is 0 Å². The standard InChI is InChI=1S/C15H22N2OS.ClH/c1-12-15(13-6-3-2-4-7-13)17(10-11-19-12)14(18)8-5-9-16;/h2-4,6-7,12,15H,5,8-11,16H2,1H3;1H. The summed E-state index contributed by atoms with van der Waals surface area (Å²) < 4.78 is 0. The zero-order chi connectivity index (χ0) is 13.7. The fraction of sp³-hybridized carbons (Fsp3) is 0.533. The van der Waals surface area contributed by atoms with Gasteiger partial charge in [0.2, 0.25) is 5.91 Å². The lowest BCUT2D eigenvalue weighted by Gasteiger charge is -2.40. The summed E-state index contributed by atoms with van der Waals surface area (Å²) in [5, 5.41) is 0.443. The number of rotatable bonds is 4. The Morgan fingerprint density at radius 1 is 1.40 bits per heavy atom. The van der Waals surface area contributed by atoms with Gasteiger partial charge < -0.3 is 10.6 Å². The van der Waals surface area contributed by atoms with E-state index in [1.165, 1.54) is 5.56 Å². The van der Waals surface area contributed by atoms with E-state index in [-0.39, 0.29) is 24.4 Å². The molecular weight excluding hydrogens is 292 g/mol. The van der Waals surface area contributed by atoms with Crippen LogP contribution in [0.15, 0.2) is 30.3 Å². The Kier molecular flexibility index (Phi) is 7.41. The molecule has 3 nitrogen and oxygen atoms in total. The van der Waals surface area contributed by atoms with Gasteiger partial charge >= 0.3 is 0 Å². The number of carbonyl (C=O) groups is 1. The molecule has 0 aliphatic carbocycles. The van der Waals surface area contributed by atoms with Crippen LogP contribution in [0.5, 0.6) is 0 Å². The van der Waals surface area contributed by atoms with Crippen LogP contribution in [-0.4, -0.2) is 34.9 Å². The predicted molar refractivity (Wildman–Crippen MR) is 88.4 cm³/mol. The van der Waals surface area contributed by atoms with E-state index < -0.39 is 0 Å². The fourth-order valence-corrected chi connectivity index (χ4v) is 3.76. The highest BCUT2D eigenvalue weighted by molar-refractivity contribution is 8.00. The molecule has 0 bridgehead atoms. The zero-order valence-electron chi connectivity index (χ0n) is 11.8. The first-order chi connectivity index (χ1) is 9.24. The molecule has 0 spiro atoms. The van der Waals surface area contributed by atoms with Gasteiger partial charge in [0, 0.05) is 24.0 Å². The molecule has 2 rings (SSSR count). The quantitative estimate of drug-likeness (QED) is 0.929. The smallest absolute Gasteiger partial charge is 0.223 e. The van der Waals surface area contributed by atoms with Crippen LogP contribution in [-0.2, 0) is 4.79 Å². The molecular formula is C15H23ClN2OS. The molecule has 20 heavy (non-hydrogen) atoms. The Balaban J connectivity index is 0.00000200. The lowest BCUT2D eigenvalue weighted by molar-refractivity contribution is -0.133. The molecule has 0 aromatic heterocycles. The van der Waals surface area contributed by atoms with E-state index in [0.717, 1.165) is 18.7 Å². The summed E-state index contributed by atoms with van der Waals surface area (Å²) in [6.07, 6.45) is 1.34. The first-order valence-corrected chi connectivity index (χ1v) is 7.95. The average molecular weight is 315 g/mol. The highest BCUT2D eigenvalue weighted by Gasteiger charge is 2.32. The molecule has 2 N–H and O–H groups in total. The van der Waals surface area contributed by atoms with Crippen molar-refractivity contribution in [3.8, 4) is 0 Å². The summed E-state index contributed by atoms with van der Waals surface area (Å²) in [4.78, 5) is 14.4. The van der Waals surface area contributed by atoms with Crippen molar-refractivity contribution >= 4 is 30.1 Å². The number of amides is 1. The van der Waals surface area contributed by atoms with Crippen LogP contribution >= 0.6 is 24.2 Å². The van der Waals surface area contributed by atoms with E-state index >= 15 is 0 Å². The Morgan fingerprint density at radius 3 is 2.75 bits per heavy atom. The monoisotopic (exact) mass is 314 g/mol. The third kappa shape index (κ3) is 4.14. The van der Waals surface area contributed by atoms with Gasteiger partial charge in [-0.15, -0.1) is 12.4 Å². The number of hydrogen-bond donors (Lipinski definition) is 1. The van der Waals surface area contributed by atoms with Crippen molar-refractivity contribution in [1.82, 2.24) is 4.90 Å². The van der Waals surface area contributed by atoms with E-state index in [2.05, 4.69) is 19.1 Å². The molecule has 5 heteroatoms. The lowest BCUT2D eigenvalue weighted by Crippen LogP contribution is -2.44. The summed E-state index contributed by atoms with van der Waals surface area (Å²) in [6.45, 7) is 3.64. The minimum Gasteiger partial charge on any atom is -0.334 e. The van der Waals surface area contributed by atoms with Crippen molar-refractivity contribution < 1.29 is 4.79 Å². The number of nitrogens with zero attached hydrogens (tertiary/aromatic N) is 1. The maximum atomic E-state index is 12.3. The van der Waals surface area contributed by atoms with Crippen molar-refractivity contribution in [3.63, 3.8) is 0 Å². The van der Waals surface area contributed by atoms with Crippen LogP contribution in [0.2, 0.25) is 0 Å². The fourth-order valence-electron chi connectivity index (χ4n) is 2.60. The Morgan fingerprint density at radius 2 is 2.10 bits per heavy atom. The molecule has 1 saturated heterocycles. The van der Waals surface area contributed by atoms with Crippen molar-refractivity contribution in [2.45, 2.75) is 31.1 Å². The number of halogens is 1. The molecule has 112 valence electrons. The van der Waals surface area contributed by atoms with Crippen LogP contribution in [0, 0.1) is 0 Å². The molecule has 2 unspecified atom stereocenters. The maximum Gasteiger partial charge on any atom is 0.223 e. The van der Waals surface area contributed by atoms with Gasteiger partial charge in [-0.2, -0.15) is 11.8 Å². The summed E-state index contributed by atoms with van der Waals surface area (Å²) in [6, 6.07) is 10.6. The largest absolute Gasteiger partial charge is 0.334 e. The second kappa shape index (κ2) is 8.55. The normalized spacial score (nSPS) is 22.2. The van der Waals surface area contributed by atoms with Crippen LogP contribution in [0.4, 0.5) is 0 Å². The highest BCUT2D eigenvalue weighted by atomic mass is 35.5. The molecule has 2 atom stereocenters. The Labute approximate surface area is 131 Å². The molecule has 1 aromatic carbocycles. The van der Waals surface area contributed by atoms with E-state index in [4.69, 9.17) is 5.73 Å². The van der Waals surface area contributed by atoms with Gasteiger partial charge in [-0.05, 0) is 18.5 Å². The van der Waals surface area contributed by atoms with Crippen molar-refractivity contribution in [3.05, 3.63) is 35.9 Å². The van der Waals surface area contributed by atoms with Gasteiger partial charge in [-0.3, -0.25) is 4.79 Å². The van der Waals surface area contributed by atoms with Crippen LogP contribution in [0.25, 0.3) is 0 Å². The molecule has 1 fully saturated rings. The van der Waals surface area contributed by atoms with E-state index in [9.17, 15) is 4.79 Å². The summed E-state index contributed by atoms with van der Waals surface area (Å²) in [5.41, 5.74) is 6.74. The maximum absolute atomic E-state index is 12.3. The van der Waals surface area contributed by atoms with Crippen molar-refractivity contribution in [2.24, 2.45) is 5.73 Å². The zero-order valence-corrected chi connectivity index (χ0v) is 13.5. The second-order valence-electron chi connectivity index (χ2n) is 4.91. The third-order valence-electron chi connectivity index (χ3n) is 3.55. The number of nitrogens with two attached hydrogens (primary N) is 1. The molecule has 1 aliphatic heterocycles. The summed E-state index contributed by atoms with van der Waals surface area (Å²) in [7, 11) is 0. The van der Waals surface area contributed by atoms with Gasteiger partial charge in [0.15, 0.2) is 0 Å². The van der Waals surface area contributed by atoms with E-state index in [1.807, 2.05) is 34.9 Å². The lowest BCUT2D eigenvalue weighted by atomic mass is 10.0. The number of carbonyl (C=O) groups excluding carboxylic acids is 1. The highest BCUT2D eigenvalue weighted by Crippen LogP contribution is 2.36. The molecule has 0 radical (unpaired) electrons. The average Bonchev–Trinajstić information content (AvgIpc) is 2.45. The van der Waals surface area contributed by atoms with Gasteiger partial charge in [-0.25, -0.2) is 0 Å². The van der Waals surface area contributed by atoms with Gasteiger partial charge in [-0.1, -0.05) is 37.3 Å². The van der Waals surface area contributed by atoms with Gasteiger partial charge in [0.1, 0.15) is 0 Å². The predicted octanol–water partition coefficient (Wildman–Crippen LogP) is 2.85. The summed E-state index contributed by atoms with van der Waals surface area (Å²) in [5.74, 6) is 1.27. The number of thioether (sulfide) groups is 1. The minimum atomic E-state index is 0. The SMILES string of the molecule is CC1SCCN(C(=O)CCCN)C1c1ccccc1.Cl. The van der Waals surface area contributed by atoms with Crippen LogP contribution in [0.3, 0.4) is 0 Å². The first-order valence-electron chi connectivity index (χ1n) is 6.90. The molecule has 1 amide bonds. The van der Waals surface area contributed by atoms with Gasteiger partial charge in [0.25, 0.3) is 0 Å².